The third kappa shape index (κ3) is 20.6. The lowest BCUT2D eigenvalue weighted by Gasteiger charge is -2.43. The van der Waals surface area contributed by atoms with E-state index in [9.17, 15) is 39.5 Å². The average molecular weight is 1660 g/mol. The summed E-state index contributed by atoms with van der Waals surface area (Å²) in [6.07, 6.45) is -8.23. The van der Waals surface area contributed by atoms with Gasteiger partial charge in [0.05, 0.1) is 22.1 Å². The number of aromatic nitrogens is 17. The number of rotatable bonds is 22. The molecule has 9 aromatic heterocycles. The smallest absolute Gasteiger partial charge is 0.354 e. The summed E-state index contributed by atoms with van der Waals surface area (Å²) >= 11 is 3.97. The number of nitrogens with one attached hydrogen (secondary N) is 6. The van der Waals surface area contributed by atoms with Crippen LogP contribution >= 0.6 is 35.3 Å². The molecule has 12 heterocycles. The minimum absolute atomic E-state index is 0. The number of halogens is 9. The number of piperazine rings is 3. The van der Waals surface area contributed by atoms with Crippen LogP contribution in [-0.2, 0) is 26.9 Å². The topological polar surface area (TPSA) is 267 Å². The molecule has 620 valence electrons. The van der Waals surface area contributed by atoms with Gasteiger partial charge in [-0.25, -0.2) is 53.0 Å². The van der Waals surface area contributed by atoms with Crippen molar-refractivity contribution in [2.75, 3.05) is 123 Å². The number of alkyl halides is 8. The third-order valence-corrected chi connectivity index (χ3v) is 22.9. The number of H-pyrrole nitrogens is 3. The van der Waals surface area contributed by atoms with E-state index in [1.54, 1.807) is 38.4 Å². The molecule has 4 fully saturated rings. The van der Waals surface area contributed by atoms with Gasteiger partial charge in [-0.2, -0.15) is 41.6 Å². The van der Waals surface area contributed by atoms with E-state index in [1.165, 1.54) is 63.3 Å². The molecule has 0 atom stereocenters. The lowest BCUT2D eigenvalue weighted by Crippen LogP contribution is -2.55. The van der Waals surface area contributed by atoms with E-state index in [0.29, 0.717) is 122 Å². The number of nitrogens with zero attached hydrogens (tertiary/aromatic N) is 20. The van der Waals surface area contributed by atoms with Crippen LogP contribution in [-0.4, -0.2) is 221 Å². The van der Waals surface area contributed by atoms with Crippen molar-refractivity contribution in [1.82, 2.24) is 99.3 Å². The normalized spacial score (nSPS) is 15.7. The van der Waals surface area contributed by atoms with Crippen LogP contribution in [0.5, 0.6) is 0 Å². The van der Waals surface area contributed by atoms with Crippen molar-refractivity contribution in [3.63, 3.8) is 0 Å². The Morgan fingerprint density at radius 1 is 0.435 bits per heavy atom. The van der Waals surface area contributed by atoms with E-state index in [0.717, 1.165) is 101 Å². The first-order valence-electron chi connectivity index (χ1n) is 37.6. The van der Waals surface area contributed by atoms with Crippen LogP contribution < -0.4 is 30.7 Å². The molecule has 115 heavy (non-hydrogen) atoms. The van der Waals surface area contributed by atoms with Gasteiger partial charge in [-0.05, 0) is 158 Å². The summed E-state index contributed by atoms with van der Waals surface area (Å²) in [5.41, 5.74) is 5.10. The summed E-state index contributed by atoms with van der Waals surface area (Å²) in [4.78, 5) is 56.9. The molecule has 6 N–H and O–H groups in total. The van der Waals surface area contributed by atoms with Gasteiger partial charge < -0.3 is 39.8 Å². The quantitative estimate of drug-likeness (QED) is 0.0272. The first kappa shape index (κ1) is 81.5. The summed E-state index contributed by atoms with van der Waals surface area (Å²) < 4.78 is 123. The lowest BCUT2D eigenvalue weighted by atomic mass is 10.0. The minimum atomic E-state index is -4.34. The highest BCUT2D eigenvalue weighted by molar-refractivity contribution is 7.99. The summed E-state index contributed by atoms with van der Waals surface area (Å²) in [5, 5.41) is 33.4. The fourth-order valence-electron chi connectivity index (χ4n) is 13.8. The number of anilines is 9. The Morgan fingerprint density at radius 3 is 1.17 bits per heavy atom. The van der Waals surface area contributed by atoms with Crippen LogP contribution in [0.1, 0.15) is 83.5 Å². The second kappa shape index (κ2) is 34.0. The van der Waals surface area contributed by atoms with E-state index in [1.807, 2.05) is 122 Å². The SMILES string of the molecule is Cc1cc(Nc2cc(N3CCN(C(C)(C)CF)CC3)nc(Sc3ccc4nc(CC(F)(F)F)n(C)c4c3)n2)n[nH]1.Cc1cc(Nc2cc(N3CCN(C4CC4)CC3)nc(Sc3ccc4nc(CC(F)(F)F)n(C)c4c3)n2)n[nH]1.Cc1ccc2cc(Sc3nc(Nc4cc(C)[nH]n4)cc(N4CCN(C(C)(C)CF)CC4)n3)cc(F)c2n1.[HH].[HH].[HH].[HH].[HH].[HH]. The zero-order valence-corrected chi connectivity index (χ0v) is 67.6. The molecule has 4 aliphatic rings. The van der Waals surface area contributed by atoms with Crippen molar-refractivity contribution in [1.29, 1.82) is 0 Å². The summed E-state index contributed by atoms with van der Waals surface area (Å²) in [5.74, 6) is 5.56. The van der Waals surface area contributed by atoms with Gasteiger partial charge in [-0.15, -0.1) is 0 Å². The Morgan fingerprint density at radius 2 is 0.817 bits per heavy atom. The number of imidazole rings is 2. The van der Waals surface area contributed by atoms with Crippen LogP contribution in [0.25, 0.3) is 33.0 Å². The molecular formula is C77H101F9N26S3. The second-order valence-corrected chi connectivity index (χ2v) is 33.4. The predicted molar refractivity (Wildman–Crippen MR) is 443 cm³/mol. The van der Waals surface area contributed by atoms with E-state index in [2.05, 4.69) is 101 Å². The van der Waals surface area contributed by atoms with Gasteiger partial charge in [0.15, 0.2) is 38.7 Å². The molecule has 1 saturated carbocycles. The van der Waals surface area contributed by atoms with Gasteiger partial charge in [0.2, 0.25) is 0 Å². The van der Waals surface area contributed by atoms with Crippen LogP contribution in [0.4, 0.5) is 91.9 Å². The Balaban J connectivity index is 0.000000220. The zero-order valence-electron chi connectivity index (χ0n) is 65.1. The van der Waals surface area contributed by atoms with Crippen molar-refractivity contribution in [3.8, 4) is 0 Å². The van der Waals surface area contributed by atoms with Crippen molar-refractivity contribution >= 4 is 121 Å². The Kier molecular flexibility index (Phi) is 24.1. The zero-order chi connectivity index (χ0) is 81.3. The second-order valence-electron chi connectivity index (χ2n) is 30.3. The number of hydrogen-bond acceptors (Lipinski definition) is 24. The molecule has 0 amide bonds. The number of aryl methyl sites for hydroxylation is 6. The number of aromatic amines is 3. The average Bonchev–Trinajstić information content (AvgIpc) is 1.74. The Bertz CT molecular complexity index is 5440. The molecule has 12 aromatic rings. The van der Waals surface area contributed by atoms with Crippen molar-refractivity contribution in [3.05, 3.63) is 137 Å². The van der Waals surface area contributed by atoms with Gasteiger partial charge in [-0.1, -0.05) is 6.07 Å². The number of benzene rings is 3. The highest BCUT2D eigenvalue weighted by atomic mass is 32.2. The summed E-state index contributed by atoms with van der Waals surface area (Å²) in [6.45, 7) is 23.9. The standard InChI is InChI=1S/C26H31F4N9S.C26H30F2N8S.C25H28F3N9S.6H2/c1-16-11-21(36-35-16)32-20-13-22(38-7-9-39(10-8-38)25(2,3)15-27)34-24(33-20)40-17-5-6-18-19(12-17)37(4)23(31-18)14-26(28,29)30;1-16-5-6-18-12-19(13-20(28)24(18)29-16)37-25-31-21(30-22-11-17(2)33-34-22)14-23(32-25)35-7-9-36(10-8-35)26(3,4)15-27;1-15-11-21(34-33-15)30-20-13-22(37-9-7-36(8-10-37)16-3-4-16)32-24(31-20)38-17-5-6-18-19(12-17)35(2)23(29-18)14-25(26,27)28;;;;;;/h5-6,11-13H,7-10,14-15H2,1-4H3,(H2,32,33,34,35,36);5-6,11-14H,7-10,15H2,1-4H3,(H2,30,31,32,33,34);5-6,11-13,16H,3-4,7-10,14H2,1-2H3,(H2,30,31,32,33,34);6*1H. The maximum atomic E-state index is 14.9. The molecule has 0 radical (unpaired) electrons. The van der Waals surface area contributed by atoms with Gasteiger partial charge >= 0.3 is 12.4 Å². The fourth-order valence-corrected chi connectivity index (χ4v) is 16.2. The highest BCUT2D eigenvalue weighted by Gasteiger charge is 2.36. The third-order valence-electron chi connectivity index (χ3n) is 20.3. The largest absolute Gasteiger partial charge is 0.396 e. The van der Waals surface area contributed by atoms with Crippen LogP contribution in [0, 0.1) is 33.5 Å². The molecule has 0 spiro atoms. The molecule has 0 bridgehead atoms. The predicted octanol–water partition coefficient (Wildman–Crippen LogP) is 16.7. The summed E-state index contributed by atoms with van der Waals surface area (Å²) in [6, 6.07) is 29.9. The van der Waals surface area contributed by atoms with Crippen molar-refractivity contribution in [2.45, 2.75) is 141 Å². The molecule has 26 nitrogen and oxygen atoms in total. The Labute approximate surface area is 679 Å². The summed E-state index contributed by atoms with van der Waals surface area (Å²) in [7, 11) is 3.19. The number of hydrogen-bond donors (Lipinski definition) is 6. The highest BCUT2D eigenvalue weighted by Crippen LogP contribution is 2.38. The number of fused-ring (bicyclic) bond motifs is 3. The molecule has 3 saturated heterocycles. The fraction of sp³-hybridized carbons (Fsp3) is 0.429. The monoisotopic (exact) mass is 1660 g/mol. The maximum Gasteiger partial charge on any atom is 0.396 e. The van der Waals surface area contributed by atoms with Gasteiger partial charge in [0.1, 0.15) is 78.3 Å². The van der Waals surface area contributed by atoms with E-state index in [4.69, 9.17) is 19.9 Å². The van der Waals surface area contributed by atoms with Crippen LogP contribution in [0.2, 0.25) is 0 Å². The molecule has 1 aliphatic carbocycles. The lowest BCUT2D eigenvalue weighted by molar-refractivity contribution is -0.129. The van der Waals surface area contributed by atoms with Crippen LogP contribution in [0.3, 0.4) is 0 Å². The van der Waals surface area contributed by atoms with Gasteiger partial charge in [0.25, 0.3) is 0 Å². The number of pyridine rings is 1. The molecular weight excluding hydrogens is 1560 g/mol. The molecule has 16 rings (SSSR count). The Hall–Kier alpha value is -10.0. The van der Waals surface area contributed by atoms with Crippen LogP contribution in [0.15, 0.2) is 127 Å². The maximum absolute atomic E-state index is 14.9. The van der Waals surface area contributed by atoms with Crippen molar-refractivity contribution in [2.24, 2.45) is 14.1 Å². The molecule has 0 unspecified atom stereocenters. The van der Waals surface area contributed by atoms with Gasteiger partial charge in [-0.3, -0.25) is 35.0 Å². The minimum Gasteiger partial charge on any atom is -0.354 e. The molecule has 3 aliphatic heterocycles. The molecule has 3 aromatic carbocycles. The van der Waals surface area contributed by atoms with Crippen molar-refractivity contribution < 1.29 is 48.1 Å². The molecule has 38 heteroatoms. The van der Waals surface area contributed by atoms with E-state index < -0.39 is 49.6 Å². The van der Waals surface area contributed by atoms with E-state index >= 15 is 0 Å². The van der Waals surface area contributed by atoms with Gasteiger partial charge in [0, 0.05) is 198 Å². The van der Waals surface area contributed by atoms with E-state index in [-0.39, 0.29) is 26.0 Å². The first-order chi connectivity index (χ1) is 54.8. The first-order valence-corrected chi connectivity index (χ1v) is 40.1.